The molecule has 0 aliphatic carbocycles. The summed E-state index contributed by atoms with van der Waals surface area (Å²) in [7, 11) is -3.93. The van der Waals surface area contributed by atoms with Crippen LogP contribution < -0.4 is 10.0 Å². The zero-order chi connectivity index (χ0) is 17.2. The van der Waals surface area contributed by atoms with Gasteiger partial charge in [-0.25, -0.2) is 17.9 Å². The molecule has 24 heavy (non-hydrogen) atoms. The lowest BCUT2D eigenvalue weighted by molar-refractivity contribution is 0.256. The summed E-state index contributed by atoms with van der Waals surface area (Å²) in [6.07, 6.45) is 1.61. The van der Waals surface area contributed by atoms with Crippen molar-refractivity contribution in [3.8, 4) is 0 Å². The van der Waals surface area contributed by atoms with E-state index in [4.69, 9.17) is 0 Å². The number of carbonyl (C=O) groups excluding carboxylic acids is 1. The van der Waals surface area contributed by atoms with Gasteiger partial charge in [0.2, 0.25) is 0 Å². The highest BCUT2D eigenvalue weighted by Crippen LogP contribution is 2.20. The van der Waals surface area contributed by atoms with Gasteiger partial charge < -0.3 is 5.32 Å². The Hall–Kier alpha value is -2.93. The minimum atomic E-state index is -3.93. The van der Waals surface area contributed by atoms with E-state index < -0.39 is 16.1 Å². The summed E-state index contributed by atoms with van der Waals surface area (Å²) >= 11 is 0. The zero-order valence-electron chi connectivity index (χ0n) is 12.9. The molecule has 0 fully saturated rings. The number of nitrogens with zero attached hydrogens (tertiary/aromatic N) is 1. The van der Waals surface area contributed by atoms with Gasteiger partial charge >= 0.3 is 6.03 Å². The van der Waals surface area contributed by atoms with Crippen molar-refractivity contribution in [1.82, 2.24) is 9.71 Å². The van der Waals surface area contributed by atoms with E-state index >= 15 is 0 Å². The first-order chi connectivity index (χ1) is 11.5. The average Bonchev–Trinajstić information content (AvgIpc) is 2.55. The normalized spacial score (nSPS) is 11.2. The molecule has 2 N–H and O–H groups in total. The van der Waals surface area contributed by atoms with Gasteiger partial charge in [-0.2, -0.15) is 0 Å². The number of amides is 2. The van der Waals surface area contributed by atoms with Crippen LogP contribution in [0.2, 0.25) is 0 Å². The fourth-order valence-electron chi connectivity index (χ4n) is 2.25. The van der Waals surface area contributed by atoms with Gasteiger partial charge in [0.15, 0.2) is 0 Å². The highest BCUT2D eigenvalue weighted by atomic mass is 32.2. The summed E-state index contributed by atoms with van der Waals surface area (Å²) in [5.74, 6) is 0. The molecule has 0 saturated carbocycles. The van der Waals surface area contributed by atoms with Crippen molar-refractivity contribution in [2.45, 2.75) is 11.8 Å². The molecule has 6 nitrogen and oxygen atoms in total. The number of fused-ring (bicyclic) bond motifs is 1. The molecular weight excluding hydrogens is 326 g/mol. The van der Waals surface area contributed by atoms with Crippen LogP contribution in [0.4, 0.5) is 10.5 Å². The van der Waals surface area contributed by atoms with Crippen LogP contribution in [0, 0.1) is 6.92 Å². The number of benzene rings is 2. The number of carbonyl (C=O) groups is 1. The van der Waals surface area contributed by atoms with Crippen molar-refractivity contribution in [2.75, 3.05) is 5.32 Å². The van der Waals surface area contributed by atoms with E-state index in [1.165, 1.54) is 12.1 Å². The van der Waals surface area contributed by atoms with Crippen molar-refractivity contribution in [2.24, 2.45) is 0 Å². The van der Waals surface area contributed by atoms with E-state index in [0.717, 1.165) is 10.9 Å². The molecule has 0 unspecified atom stereocenters. The van der Waals surface area contributed by atoms with Crippen molar-refractivity contribution in [3.63, 3.8) is 0 Å². The van der Waals surface area contributed by atoms with Crippen molar-refractivity contribution in [1.29, 1.82) is 0 Å². The second-order valence-corrected chi connectivity index (χ2v) is 6.94. The molecule has 0 atom stereocenters. The first-order valence-corrected chi connectivity index (χ1v) is 8.68. The molecule has 3 rings (SSSR count). The molecular formula is C17H15N3O3S. The third kappa shape index (κ3) is 3.36. The number of pyridine rings is 1. The highest BCUT2D eigenvalue weighted by molar-refractivity contribution is 7.90. The topological polar surface area (TPSA) is 88.2 Å². The van der Waals surface area contributed by atoms with Gasteiger partial charge in [0.25, 0.3) is 10.0 Å². The lowest BCUT2D eigenvalue weighted by Crippen LogP contribution is -2.34. The predicted molar refractivity (Wildman–Crippen MR) is 92.3 cm³/mol. The Kier molecular flexibility index (Phi) is 4.18. The molecule has 1 heterocycles. The van der Waals surface area contributed by atoms with Gasteiger partial charge in [0.05, 0.1) is 16.1 Å². The molecule has 2 amide bonds. The number of aromatic nitrogens is 1. The third-order valence-corrected chi connectivity index (χ3v) is 4.79. The summed E-state index contributed by atoms with van der Waals surface area (Å²) in [6.45, 7) is 1.85. The SMILES string of the molecule is Cc1ccc(S(=O)(=O)NC(=O)Nc2cccc3cccnc23)cc1. The van der Waals surface area contributed by atoms with E-state index in [2.05, 4.69) is 10.3 Å². The number of anilines is 1. The van der Waals surface area contributed by atoms with E-state index in [1.54, 1.807) is 36.5 Å². The number of urea groups is 1. The molecule has 0 aliphatic rings. The molecule has 122 valence electrons. The van der Waals surface area contributed by atoms with Crippen LogP contribution in [-0.2, 0) is 10.0 Å². The molecule has 0 spiro atoms. The number of hydrogen-bond acceptors (Lipinski definition) is 4. The maximum Gasteiger partial charge on any atom is 0.333 e. The summed E-state index contributed by atoms with van der Waals surface area (Å²) in [5.41, 5.74) is 1.95. The number of aryl methyl sites for hydroxylation is 1. The van der Waals surface area contributed by atoms with Gasteiger partial charge in [-0.15, -0.1) is 0 Å². The molecule has 0 bridgehead atoms. The second-order valence-electron chi connectivity index (χ2n) is 5.25. The number of rotatable bonds is 3. The van der Waals surface area contributed by atoms with Crippen LogP contribution in [0.1, 0.15) is 5.56 Å². The summed E-state index contributed by atoms with van der Waals surface area (Å²) in [6, 6.07) is 14.3. The lowest BCUT2D eigenvalue weighted by atomic mass is 10.2. The fraction of sp³-hybridized carbons (Fsp3) is 0.0588. The number of para-hydroxylation sites is 1. The largest absolute Gasteiger partial charge is 0.333 e. The van der Waals surface area contributed by atoms with Crippen molar-refractivity contribution >= 4 is 32.6 Å². The Labute approximate surface area is 139 Å². The number of nitrogens with one attached hydrogen (secondary N) is 2. The van der Waals surface area contributed by atoms with Gasteiger partial charge in [-0.05, 0) is 31.2 Å². The molecule has 0 saturated heterocycles. The second kappa shape index (κ2) is 6.29. The van der Waals surface area contributed by atoms with Gasteiger partial charge in [0, 0.05) is 11.6 Å². The highest BCUT2D eigenvalue weighted by Gasteiger charge is 2.18. The molecule has 2 aromatic carbocycles. The summed E-state index contributed by atoms with van der Waals surface area (Å²) in [4.78, 5) is 16.3. The number of hydrogen-bond donors (Lipinski definition) is 2. The lowest BCUT2D eigenvalue weighted by Gasteiger charge is -2.10. The van der Waals surface area contributed by atoms with Crippen molar-refractivity contribution < 1.29 is 13.2 Å². The quantitative estimate of drug-likeness (QED) is 0.766. The first kappa shape index (κ1) is 15.9. The Morgan fingerprint density at radius 1 is 1.00 bits per heavy atom. The van der Waals surface area contributed by atoms with E-state index in [-0.39, 0.29) is 4.90 Å². The van der Waals surface area contributed by atoms with E-state index in [1.807, 2.05) is 23.8 Å². The standard InChI is InChI=1S/C17H15N3O3S/c1-12-7-9-14(10-8-12)24(22,23)20-17(21)19-15-6-2-4-13-5-3-11-18-16(13)15/h2-11H,1H3,(H2,19,20,21). The Bertz CT molecular complexity index is 994. The molecule has 0 radical (unpaired) electrons. The van der Waals surface area contributed by atoms with Gasteiger partial charge in [-0.3, -0.25) is 4.98 Å². The van der Waals surface area contributed by atoms with E-state index in [9.17, 15) is 13.2 Å². The predicted octanol–water partition coefficient (Wildman–Crippen LogP) is 3.05. The van der Waals surface area contributed by atoms with Crippen LogP contribution in [0.25, 0.3) is 10.9 Å². The van der Waals surface area contributed by atoms with Crippen molar-refractivity contribution in [3.05, 3.63) is 66.4 Å². The van der Waals surface area contributed by atoms with Crippen LogP contribution in [0.15, 0.2) is 65.7 Å². The van der Waals surface area contributed by atoms with Crippen LogP contribution >= 0.6 is 0 Å². The van der Waals surface area contributed by atoms with Gasteiger partial charge in [0.1, 0.15) is 0 Å². The monoisotopic (exact) mass is 341 g/mol. The Morgan fingerprint density at radius 2 is 1.71 bits per heavy atom. The first-order valence-electron chi connectivity index (χ1n) is 7.20. The fourth-order valence-corrected chi connectivity index (χ4v) is 3.16. The minimum Gasteiger partial charge on any atom is -0.305 e. The van der Waals surface area contributed by atoms with E-state index in [0.29, 0.717) is 11.2 Å². The zero-order valence-corrected chi connectivity index (χ0v) is 13.7. The summed E-state index contributed by atoms with van der Waals surface area (Å²) < 4.78 is 26.4. The average molecular weight is 341 g/mol. The van der Waals surface area contributed by atoms with Crippen LogP contribution in [0.3, 0.4) is 0 Å². The molecule has 7 heteroatoms. The smallest absolute Gasteiger partial charge is 0.305 e. The Balaban J connectivity index is 1.81. The van der Waals surface area contributed by atoms with Gasteiger partial charge in [-0.1, -0.05) is 35.9 Å². The maximum atomic E-state index is 12.2. The minimum absolute atomic E-state index is 0.0271. The Morgan fingerprint density at radius 3 is 2.46 bits per heavy atom. The molecule has 0 aliphatic heterocycles. The van der Waals surface area contributed by atoms with Crippen LogP contribution in [0.5, 0.6) is 0 Å². The maximum absolute atomic E-state index is 12.2. The number of sulfonamides is 1. The molecule has 3 aromatic rings. The summed E-state index contributed by atoms with van der Waals surface area (Å²) in [5, 5.41) is 3.37. The van der Waals surface area contributed by atoms with Crippen LogP contribution in [-0.4, -0.2) is 19.4 Å². The third-order valence-electron chi connectivity index (χ3n) is 3.44. The molecule has 1 aromatic heterocycles.